The molecule has 1 unspecified atom stereocenters. The molecule has 3 aromatic rings. The van der Waals surface area contributed by atoms with Crippen LogP contribution in [0.15, 0.2) is 95.9 Å². The molecule has 5 rings (SSSR count). The molecule has 0 aromatic heterocycles. The minimum absolute atomic E-state index is 0.0624. The summed E-state index contributed by atoms with van der Waals surface area (Å²) in [6, 6.07) is 27.5. The van der Waals surface area contributed by atoms with Crippen LogP contribution in [0.4, 0.5) is 5.69 Å². The van der Waals surface area contributed by atoms with E-state index in [0.29, 0.717) is 12.8 Å². The fourth-order valence-corrected chi connectivity index (χ4v) is 6.91. The van der Waals surface area contributed by atoms with Gasteiger partial charge in [0.25, 0.3) is 0 Å². The van der Waals surface area contributed by atoms with Crippen LogP contribution in [0.25, 0.3) is 0 Å². The van der Waals surface area contributed by atoms with Gasteiger partial charge in [-0.3, -0.25) is 9.59 Å². The predicted octanol–water partition coefficient (Wildman–Crippen LogP) is 3.39. The first-order valence-electron chi connectivity index (χ1n) is 12.8. The normalized spacial score (nSPS) is 18.5. The third-order valence-corrected chi connectivity index (χ3v) is 9.44. The smallest absolute Gasteiger partial charge is 0.250 e. The Bertz CT molecular complexity index is 1380. The highest BCUT2D eigenvalue weighted by Crippen LogP contribution is 2.40. The summed E-state index contributed by atoms with van der Waals surface area (Å²) in [5.41, 5.74) is 0.957. The molecule has 2 fully saturated rings. The Morgan fingerprint density at radius 1 is 0.895 bits per heavy atom. The highest BCUT2D eigenvalue weighted by molar-refractivity contribution is 7.89. The largest absolute Gasteiger partial charge is 0.348 e. The molecule has 1 atom stereocenters. The van der Waals surface area contributed by atoms with E-state index in [1.54, 1.807) is 35.2 Å². The number of anilines is 1. The van der Waals surface area contributed by atoms with Gasteiger partial charge in [-0.1, -0.05) is 66.7 Å². The molecule has 0 radical (unpaired) electrons. The maximum absolute atomic E-state index is 13.9. The topological polar surface area (TPSA) is 90.0 Å². The fourth-order valence-electron chi connectivity index (χ4n) is 5.45. The van der Waals surface area contributed by atoms with Gasteiger partial charge in [-0.25, -0.2) is 8.42 Å². The SMILES string of the molecule is CC(NC(=O)CN1CN(c2ccccc2)C2(CCN(S(=O)(=O)c3ccccc3)CC2)C1=O)c1ccccc1. The van der Waals surface area contributed by atoms with Gasteiger partial charge in [0.1, 0.15) is 12.1 Å². The monoisotopic (exact) mass is 532 g/mol. The number of carbonyl (C=O) groups excluding carboxylic acids is 2. The number of sulfonamides is 1. The van der Waals surface area contributed by atoms with Crippen LogP contribution in [-0.4, -0.2) is 61.3 Å². The van der Waals surface area contributed by atoms with Crippen LogP contribution in [0, 0.1) is 0 Å². The van der Waals surface area contributed by atoms with E-state index in [-0.39, 0.29) is 49.1 Å². The van der Waals surface area contributed by atoms with Crippen LogP contribution in [0.5, 0.6) is 0 Å². The Hall–Kier alpha value is -3.69. The molecule has 2 aliphatic heterocycles. The first-order chi connectivity index (χ1) is 18.3. The van der Waals surface area contributed by atoms with Crippen molar-refractivity contribution in [1.82, 2.24) is 14.5 Å². The summed E-state index contributed by atoms with van der Waals surface area (Å²) >= 11 is 0. The van der Waals surface area contributed by atoms with Crippen LogP contribution < -0.4 is 10.2 Å². The molecule has 2 amide bonds. The number of nitrogens with one attached hydrogen (secondary N) is 1. The molecular weight excluding hydrogens is 500 g/mol. The van der Waals surface area contributed by atoms with Crippen molar-refractivity contribution in [2.45, 2.75) is 36.2 Å². The van der Waals surface area contributed by atoms with E-state index < -0.39 is 15.6 Å². The van der Waals surface area contributed by atoms with Gasteiger partial charge < -0.3 is 15.1 Å². The third kappa shape index (κ3) is 4.91. The van der Waals surface area contributed by atoms with Gasteiger partial charge in [0, 0.05) is 18.8 Å². The summed E-state index contributed by atoms with van der Waals surface area (Å²) in [4.78, 5) is 30.8. The molecule has 0 saturated carbocycles. The summed E-state index contributed by atoms with van der Waals surface area (Å²) in [5.74, 6) is -0.371. The van der Waals surface area contributed by atoms with Crippen LogP contribution in [0.3, 0.4) is 0 Å². The lowest BCUT2D eigenvalue weighted by Gasteiger charge is -2.42. The summed E-state index contributed by atoms with van der Waals surface area (Å²) < 4.78 is 27.9. The number of hydrogen-bond donors (Lipinski definition) is 1. The molecule has 1 N–H and O–H groups in total. The zero-order valence-electron chi connectivity index (χ0n) is 21.4. The zero-order chi connectivity index (χ0) is 26.8. The fraction of sp³-hybridized carbons (Fsp3) is 0.310. The Labute approximate surface area is 223 Å². The number of carbonyl (C=O) groups is 2. The zero-order valence-corrected chi connectivity index (χ0v) is 22.2. The first kappa shape index (κ1) is 25.9. The Morgan fingerprint density at radius 2 is 1.45 bits per heavy atom. The number of nitrogens with zero attached hydrogens (tertiary/aromatic N) is 3. The van der Waals surface area contributed by atoms with E-state index in [2.05, 4.69) is 5.32 Å². The molecule has 2 saturated heterocycles. The summed E-state index contributed by atoms with van der Waals surface area (Å²) in [7, 11) is -3.65. The van der Waals surface area contributed by atoms with Crippen molar-refractivity contribution in [3.63, 3.8) is 0 Å². The average Bonchev–Trinajstić information content (AvgIpc) is 3.20. The van der Waals surface area contributed by atoms with Crippen molar-refractivity contribution >= 4 is 27.5 Å². The molecule has 198 valence electrons. The second-order valence-electron chi connectivity index (χ2n) is 9.86. The van der Waals surface area contributed by atoms with Crippen molar-refractivity contribution in [2.24, 2.45) is 0 Å². The molecule has 3 aromatic carbocycles. The minimum Gasteiger partial charge on any atom is -0.348 e. The second-order valence-corrected chi connectivity index (χ2v) is 11.8. The molecule has 8 nitrogen and oxygen atoms in total. The second kappa shape index (κ2) is 10.6. The van der Waals surface area contributed by atoms with Crippen molar-refractivity contribution in [2.75, 3.05) is 31.2 Å². The molecule has 9 heteroatoms. The van der Waals surface area contributed by atoms with Crippen LogP contribution in [0.2, 0.25) is 0 Å². The van der Waals surface area contributed by atoms with Crippen molar-refractivity contribution in [3.05, 3.63) is 96.6 Å². The number of amides is 2. The van der Waals surface area contributed by atoms with Crippen LogP contribution >= 0.6 is 0 Å². The molecule has 2 aliphatic rings. The number of rotatable bonds is 7. The number of hydrogen-bond acceptors (Lipinski definition) is 5. The van der Waals surface area contributed by atoms with Gasteiger partial charge in [-0.15, -0.1) is 0 Å². The summed E-state index contributed by atoms with van der Waals surface area (Å²) in [6.45, 7) is 2.56. The quantitative estimate of drug-likeness (QED) is 0.504. The Kier molecular flexibility index (Phi) is 7.23. The van der Waals surface area contributed by atoms with E-state index in [4.69, 9.17) is 0 Å². The molecule has 2 heterocycles. The van der Waals surface area contributed by atoms with E-state index in [9.17, 15) is 18.0 Å². The van der Waals surface area contributed by atoms with Gasteiger partial charge in [0.2, 0.25) is 21.8 Å². The molecule has 38 heavy (non-hydrogen) atoms. The molecule has 1 spiro atoms. The lowest BCUT2D eigenvalue weighted by molar-refractivity contribution is -0.137. The van der Waals surface area contributed by atoms with E-state index in [0.717, 1.165) is 11.3 Å². The first-order valence-corrected chi connectivity index (χ1v) is 14.3. The van der Waals surface area contributed by atoms with Gasteiger partial charge >= 0.3 is 0 Å². The lowest BCUT2D eigenvalue weighted by atomic mass is 9.86. The highest BCUT2D eigenvalue weighted by atomic mass is 32.2. The van der Waals surface area contributed by atoms with Crippen molar-refractivity contribution < 1.29 is 18.0 Å². The number of benzene rings is 3. The van der Waals surface area contributed by atoms with Crippen molar-refractivity contribution in [1.29, 1.82) is 0 Å². The predicted molar refractivity (Wildman–Crippen MR) is 146 cm³/mol. The van der Waals surface area contributed by atoms with E-state index >= 15 is 0 Å². The Balaban J connectivity index is 1.34. The van der Waals surface area contributed by atoms with Gasteiger partial charge in [-0.05, 0) is 49.6 Å². The van der Waals surface area contributed by atoms with E-state index in [1.807, 2.05) is 72.5 Å². The van der Waals surface area contributed by atoms with Crippen LogP contribution in [-0.2, 0) is 19.6 Å². The summed E-state index contributed by atoms with van der Waals surface area (Å²) in [5, 5.41) is 3.00. The molecule has 0 aliphatic carbocycles. The van der Waals surface area contributed by atoms with Gasteiger partial charge in [0.05, 0.1) is 17.6 Å². The number of para-hydroxylation sites is 1. The number of piperidine rings is 1. The lowest BCUT2D eigenvalue weighted by Crippen LogP contribution is -2.57. The van der Waals surface area contributed by atoms with Gasteiger partial charge in [0.15, 0.2) is 0 Å². The maximum Gasteiger partial charge on any atom is 0.250 e. The molecule has 0 bridgehead atoms. The van der Waals surface area contributed by atoms with Crippen LogP contribution in [0.1, 0.15) is 31.4 Å². The third-order valence-electron chi connectivity index (χ3n) is 7.52. The average molecular weight is 533 g/mol. The standard InChI is InChI=1S/C29H32N4O4S/c1-23(24-11-5-2-6-12-24)30-27(34)21-31-22-33(25-13-7-3-8-14-25)29(28(31)35)17-19-32(20-18-29)38(36,37)26-15-9-4-10-16-26/h2-16,23H,17-22H2,1H3,(H,30,34). The molecular formula is C29H32N4O4S. The van der Waals surface area contributed by atoms with E-state index in [1.165, 1.54) is 4.31 Å². The van der Waals surface area contributed by atoms with Crippen molar-refractivity contribution in [3.8, 4) is 0 Å². The highest BCUT2D eigenvalue weighted by Gasteiger charge is 2.55. The van der Waals surface area contributed by atoms with Gasteiger partial charge in [-0.2, -0.15) is 4.31 Å². The minimum atomic E-state index is -3.65. The summed E-state index contributed by atoms with van der Waals surface area (Å²) in [6.07, 6.45) is 0.677. The maximum atomic E-state index is 13.9. The Morgan fingerprint density at radius 3 is 2.05 bits per heavy atom.